The van der Waals surface area contributed by atoms with Crippen molar-refractivity contribution in [1.82, 2.24) is 0 Å². The van der Waals surface area contributed by atoms with Crippen molar-refractivity contribution in [1.29, 1.82) is 0 Å². The Morgan fingerprint density at radius 2 is 0.545 bits per heavy atom. The maximum absolute atomic E-state index is 12.8. The highest BCUT2D eigenvalue weighted by atomic mass is 16.6. The summed E-state index contributed by atoms with van der Waals surface area (Å²) in [6, 6.07) is 0. The zero-order valence-corrected chi connectivity index (χ0v) is 44.5. The van der Waals surface area contributed by atoms with Gasteiger partial charge in [-0.05, 0) is 51.4 Å². The summed E-state index contributed by atoms with van der Waals surface area (Å²) in [5.41, 5.74) is 0. The first kappa shape index (κ1) is 63.9. The van der Waals surface area contributed by atoms with Crippen molar-refractivity contribution >= 4 is 17.9 Å². The van der Waals surface area contributed by atoms with Gasteiger partial charge in [-0.15, -0.1) is 0 Å². The van der Waals surface area contributed by atoms with Crippen LogP contribution in [0, 0.1) is 0 Å². The third-order valence-electron chi connectivity index (χ3n) is 13.2. The van der Waals surface area contributed by atoms with Crippen LogP contribution in [0.3, 0.4) is 0 Å². The van der Waals surface area contributed by atoms with E-state index in [1.165, 1.54) is 218 Å². The molecule has 0 N–H and O–H groups in total. The molecule has 0 saturated heterocycles. The lowest BCUT2D eigenvalue weighted by Gasteiger charge is -2.18. The van der Waals surface area contributed by atoms with E-state index in [2.05, 4.69) is 45.1 Å². The van der Waals surface area contributed by atoms with Crippen LogP contribution >= 0.6 is 0 Å². The van der Waals surface area contributed by atoms with Gasteiger partial charge >= 0.3 is 17.9 Å². The number of unbranched alkanes of at least 4 members (excludes halogenated alkanes) is 39. The monoisotopic (exact) mass is 929 g/mol. The maximum atomic E-state index is 12.8. The summed E-state index contributed by atoms with van der Waals surface area (Å²) in [6.45, 7) is 6.64. The van der Waals surface area contributed by atoms with Crippen molar-refractivity contribution in [3.63, 3.8) is 0 Å². The Balaban J connectivity index is 4.13. The average molecular weight is 930 g/mol. The molecule has 6 nitrogen and oxygen atoms in total. The number of hydrogen-bond acceptors (Lipinski definition) is 6. The van der Waals surface area contributed by atoms with Gasteiger partial charge in [-0.3, -0.25) is 14.4 Å². The number of carbonyl (C=O) groups is 3. The van der Waals surface area contributed by atoms with Crippen molar-refractivity contribution in [3.8, 4) is 0 Å². The number of allylic oxidation sites excluding steroid dienone is 4. The van der Waals surface area contributed by atoms with Gasteiger partial charge in [0, 0.05) is 19.3 Å². The van der Waals surface area contributed by atoms with Crippen molar-refractivity contribution in [2.24, 2.45) is 0 Å². The van der Waals surface area contributed by atoms with Crippen LogP contribution in [0.1, 0.15) is 323 Å². The summed E-state index contributed by atoms with van der Waals surface area (Å²) < 4.78 is 16.8. The molecule has 0 radical (unpaired) electrons. The van der Waals surface area contributed by atoms with Gasteiger partial charge in [-0.1, -0.05) is 276 Å². The van der Waals surface area contributed by atoms with Crippen molar-refractivity contribution in [2.75, 3.05) is 13.2 Å². The summed E-state index contributed by atoms with van der Waals surface area (Å²) in [4.78, 5) is 38.0. The molecule has 0 spiro atoms. The Bertz CT molecular complexity index is 1070. The molecule has 0 rings (SSSR count). The molecule has 0 bridgehead atoms. The molecule has 0 heterocycles. The molecule has 0 fully saturated rings. The summed E-state index contributed by atoms with van der Waals surface area (Å²) in [7, 11) is 0. The van der Waals surface area contributed by atoms with Crippen molar-refractivity contribution in [2.45, 2.75) is 329 Å². The van der Waals surface area contributed by atoms with Crippen molar-refractivity contribution < 1.29 is 28.6 Å². The van der Waals surface area contributed by atoms with Crippen LogP contribution in [0.4, 0.5) is 0 Å². The standard InChI is InChI=1S/C60H112O6/c1-4-7-10-13-16-18-20-22-24-26-28-29-30-31-32-34-35-37-39-41-44-47-50-53-59(62)65-56-57(55-64-58(61)52-49-46-43-15-12-9-6-3)66-60(63)54-51-48-45-42-40-38-36-33-27-25-23-21-19-17-14-11-8-5-2/h20,22,26,28,57H,4-19,21,23-25,27,29-56H2,1-3H3/b22-20-,28-26-. The van der Waals surface area contributed by atoms with E-state index in [4.69, 9.17) is 14.2 Å². The summed E-state index contributed by atoms with van der Waals surface area (Å²) in [5, 5.41) is 0. The second-order valence-corrected chi connectivity index (χ2v) is 19.9. The highest BCUT2D eigenvalue weighted by molar-refractivity contribution is 5.71. The molecule has 0 amide bonds. The fourth-order valence-corrected chi connectivity index (χ4v) is 8.77. The first-order valence-electron chi connectivity index (χ1n) is 29.3. The quantitative estimate of drug-likeness (QED) is 0.0262. The van der Waals surface area contributed by atoms with Crippen LogP contribution in [0.15, 0.2) is 24.3 Å². The number of esters is 3. The minimum absolute atomic E-state index is 0.0672. The second kappa shape index (κ2) is 55.5. The third-order valence-corrected chi connectivity index (χ3v) is 13.2. The van der Waals surface area contributed by atoms with Gasteiger partial charge < -0.3 is 14.2 Å². The van der Waals surface area contributed by atoms with Gasteiger partial charge in [0.1, 0.15) is 13.2 Å². The van der Waals surface area contributed by atoms with Crippen LogP contribution in [0.25, 0.3) is 0 Å². The summed E-state index contributed by atoms with van der Waals surface area (Å²) in [6.07, 6.45) is 64.8. The molecule has 1 atom stereocenters. The number of hydrogen-bond donors (Lipinski definition) is 0. The Kier molecular flexibility index (Phi) is 53.7. The first-order chi connectivity index (χ1) is 32.5. The summed E-state index contributed by atoms with van der Waals surface area (Å²) >= 11 is 0. The Labute approximate surface area is 411 Å². The lowest BCUT2D eigenvalue weighted by molar-refractivity contribution is -0.167. The molecule has 66 heavy (non-hydrogen) atoms. The molecule has 0 aliphatic carbocycles. The molecule has 6 heteroatoms. The van der Waals surface area contributed by atoms with Crippen molar-refractivity contribution in [3.05, 3.63) is 24.3 Å². The van der Waals surface area contributed by atoms with Gasteiger partial charge in [0.2, 0.25) is 0 Å². The van der Waals surface area contributed by atoms with E-state index in [0.717, 1.165) is 64.2 Å². The zero-order chi connectivity index (χ0) is 47.9. The largest absolute Gasteiger partial charge is 0.462 e. The Morgan fingerprint density at radius 3 is 0.833 bits per heavy atom. The molecule has 0 aromatic heterocycles. The van der Waals surface area contributed by atoms with E-state index in [1.807, 2.05) is 0 Å². The SMILES string of the molecule is CCCCCCC/C=C\C/C=C\CCCCCCCCCCCCCC(=O)OCC(COC(=O)CCCCCCCCC)OC(=O)CCCCCCCCCCCCCCCCCCCC. The molecule has 0 aromatic rings. The molecular formula is C60H112O6. The van der Waals surface area contributed by atoms with E-state index in [9.17, 15) is 14.4 Å². The smallest absolute Gasteiger partial charge is 0.306 e. The van der Waals surface area contributed by atoms with Gasteiger partial charge in [-0.2, -0.15) is 0 Å². The second-order valence-electron chi connectivity index (χ2n) is 19.9. The first-order valence-corrected chi connectivity index (χ1v) is 29.3. The highest BCUT2D eigenvalue weighted by Gasteiger charge is 2.19. The topological polar surface area (TPSA) is 78.9 Å². The molecule has 388 valence electrons. The molecule has 0 aromatic carbocycles. The fourth-order valence-electron chi connectivity index (χ4n) is 8.77. The molecule has 1 unspecified atom stereocenters. The highest BCUT2D eigenvalue weighted by Crippen LogP contribution is 2.17. The number of rotatable bonds is 54. The molecule has 0 saturated carbocycles. The molecule has 0 aliphatic heterocycles. The van der Waals surface area contributed by atoms with E-state index in [0.29, 0.717) is 19.3 Å². The van der Waals surface area contributed by atoms with E-state index in [1.54, 1.807) is 0 Å². The van der Waals surface area contributed by atoms with Crippen LogP contribution in [0.5, 0.6) is 0 Å². The summed E-state index contributed by atoms with van der Waals surface area (Å²) in [5.74, 6) is -0.856. The average Bonchev–Trinajstić information content (AvgIpc) is 3.31. The lowest BCUT2D eigenvalue weighted by Crippen LogP contribution is -2.30. The van der Waals surface area contributed by atoms with Crippen LogP contribution in [0.2, 0.25) is 0 Å². The minimum atomic E-state index is -0.765. The maximum Gasteiger partial charge on any atom is 0.306 e. The van der Waals surface area contributed by atoms with E-state index < -0.39 is 6.10 Å². The van der Waals surface area contributed by atoms with E-state index >= 15 is 0 Å². The minimum Gasteiger partial charge on any atom is -0.462 e. The molecule has 0 aliphatic rings. The number of carbonyl (C=O) groups excluding carboxylic acids is 3. The van der Waals surface area contributed by atoms with Gasteiger partial charge in [-0.25, -0.2) is 0 Å². The number of ether oxygens (including phenoxy) is 3. The predicted octanol–water partition coefficient (Wildman–Crippen LogP) is 19.5. The van der Waals surface area contributed by atoms with Crippen LogP contribution < -0.4 is 0 Å². The van der Waals surface area contributed by atoms with Crippen LogP contribution in [-0.2, 0) is 28.6 Å². The predicted molar refractivity (Wildman–Crippen MR) is 284 cm³/mol. The van der Waals surface area contributed by atoms with E-state index in [-0.39, 0.29) is 31.1 Å². The Hall–Kier alpha value is -2.11. The van der Waals surface area contributed by atoms with Gasteiger partial charge in [0.05, 0.1) is 0 Å². The normalized spacial score (nSPS) is 12.1. The zero-order valence-electron chi connectivity index (χ0n) is 44.5. The third kappa shape index (κ3) is 52.9. The van der Waals surface area contributed by atoms with Gasteiger partial charge in [0.15, 0.2) is 6.10 Å². The Morgan fingerprint density at radius 1 is 0.303 bits per heavy atom. The van der Waals surface area contributed by atoms with Gasteiger partial charge in [0.25, 0.3) is 0 Å². The fraction of sp³-hybridized carbons (Fsp3) is 0.883. The molecular weight excluding hydrogens is 817 g/mol. The van der Waals surface area contributed by atoms with Crippen LogP contribution in [-0.4, -0.2) is 37.2 Å². The lowest BCUT2D eigenvalue weighted by atomic mass is 10.0.